The van der Waals surface area contributed by atoms with E-state index < -0.39 is 5.60 Å². The van der Waals surface area contributed by atoms with Gasteiger partial charge in [0.1, 0.15) is 5.60 Å². The number of aliphatic hydroxyl groups is 1. The molecule has 0 aliphatic heterocycles. The van der Waals surface area contributed by atoms with E-state index >= 15 is 0 Å². The molecule has 0 spiro atoms. The third-order valence-corrected chi connectivity index (χ3v) is 4.68. The summed E-state index contributed by atoms with van der Waals surface area (Å²) in [4.78, 5) is 2.54. The van der Waals surface area contributed by atoms with Crippen molar-refractivity contribution in [2.75, 3.05) is 0 Å². The first-order valence-electron chi connectivity index (χ1n) is 5.50. The van der Waals surface area contributed by atoms with Gasteiger partial charge in [0.15, 0.2) is 0 Å². The Balaban J connectivity index is 1.98. The molecule has 0 amide bonds. The lowest BCUT2D eigenvalue weighted by molar-refractivity contribution is -0.00662. The normalized spacial score (nSPS) is 22.7. The summed E-state index contributed by atoms with van der Waals surface area (Å²) in [6.45, 7) is 2.12. The lowest BCUT2D eigenvalue weighted by Crippen LogP contribution is -2.29. The zero-order valence-electron chi connectivity index (χ0n) is 8.49. The number of rotatable bonds is 3. The van der Waals surface area contributed by atoms with Crippen molar-refractivity contribution in [1.82, 2.24) is 0 Å². The Hall–Kier alpha value is -0.340. The van der Waals surface area contributed by atoms with Crippen molar-refractivity contribution in [2.24, 2.45) is 11.8 Å². The molecule has 2 saturated carbocycles. The molecule has 1 aromatic heterocycles. The second-order valence-corrected chi connectivity index (χ2v) is 6.07. The van der Waals surface area contributed by atoms with Gasteiger partial charge in [-0.2, -0.15) is 0 Å². The van der Waals surface area contributed by atoms with Crippen molar-refractivity contribution in [1.29, 1.82) is 0 Å². The third-order valence-electron chi connectivity index (χ3n) is 3.53. The van der Waals surface area contributed by atoms with Crippen molar-refractivity contribution in [3.63, 3.8) is 0 Å². The van der Waals surface area contributed by atoms with Crippen molar-refractivity contribution in [2.45, 2.75) is 38.2 Å². The molecule has 1 N–H and O–H groups in total. The van der Waals surface area contributed by atoms with Crippen LogP contribution in [0.2, 0.25) is 0 Å². The standard InChI is InChI=1S/C12H16OS/c1-8-2-7-11(14-8)12(13,9-3-4-9)10-5-6-10/h2,7,9-10,13H,3-6H2,1H3. The maximum Gasteiger partial charge on any atom is 0.104 e. The zero-order valence-corrected chi connectivity index (χ0v) is 9.31. The summed E-state index contributed by atoms with van der Waals surface area (Å²) in [6, 6.07) is 4.27. The molecule has 2 aliphatic rings. The highest BCUT2D eigenvalue weighted by atomic mass is 32.1. The van der Waals surface area contributed by atoms with Crippen molar-refractivity contribution < 1.29 is 5.11 Å². The fourth-order valence-corrected chi connectivity index (χ4v) is 3.55. The monoisotopic (exact) mass is 208 g/mol. The van der Waals surface area contributed by atoms with Gasteiger partial charge in [-0.25, -0.2) is 0 Å². The van der Waals surface area contributed by atoms with Gasteiger partial charge in [-0.15, -0.1) is 11.3 Å². The molecular formula is C12H16OS. The minimum atomic E-state index is -0.446. The number of hydrogen-bond donors (Lipinski definition) is 1. The summed E-state index contributed by atoms with van der Waals surface area (Å²) in [7, 11) is 0. The molecular weight excluding hydrogens is 192 g/mol. The van der Waals surface area contributed by atoms with Gasteiger partial charge in [0.2, 0.25) is 0 Å². The molecule has 2 aliphatic carbocycles. The second kappa shape index (κ2) is 2.83. The van der Waals surface area contributed by atoms with E-state index in [4.69, 9.17) is 0 Å². The number of hydrogen-bond acceptors (Lipinski definition) is 2. The molecule has 76 valence electrons. The molecule has 0 unspecified atom stereocenters. The highest BCUT2D eigenvalue weighted by molar-refractivity contribution is 7.12. The van der Waals surface area contributed by atoms with Crippen LogP contribution < -0.4 is 0 Å². The van der Waals surface area contributed by atoms with E-state index in [0.29, 0.717) is 11.8 Å². The predicted molar refractivity (Wildman–Crippen MR) is 58.4 cm³/mol. The van der Waals surface area contributed by atoms with Crippen LogP contribution in [0.25, 0.3) is 0 Å². The highest BCUT2D eigenvalue weighted by Crippen LogP contribution is 2.58. The lowest BCUT2D eigenvalue weighted by Gasteiger charge is -2.27. The van der Waals surface area contributed by atoms with E-state index in [9.17, 15) is 5.11 Å². The summed E-state index contributed by atoms with van der Waals surface area (Å²) in [5.41, 5.74) is -0.446. The number of thiophene rings is 1. The van der Waals surface area contributed by atoms with Gasteiger partial charge in [-0.05, 0) is 56.6 Å². The fourth-order valence-electron chi connectivity index (χ4n) is 2.43. The summed E-state index contributed by atoms with van der Waals surface area (Å²) >= 11 is 1.78. The maximum absolute atomic E-state index is 10.8. The van der Waals surface area contributed by atoms with Crippen LogP contribution in [0.4, 0.5) is 0 Å². The average Bonchev–Trinajstić information content (AvgIpc) is 3.01. The number of aryl methyl sites for hydroxylation is 1. The molecule has 0 atom stereocenters. The third kappa shape index (κ3) is 1.24. The SMILES string of the molecule is Cc1ccc(C(O)(C2CC2)C2CC2)s1. The quantitative estimate of drug-likeness (QED) is 0.809. The van der Waals surface area contributed by atoms with Gasteiger partial charge >= 0.3 is 0 Å². The van der Waals surface area contributed by atoms with Crippen LogP contribution in [0.1, 0.15) is 35.4 Å². The molecule has 14 heavy (non-hydrogen) atoms. The molecule has 0 aromatic carbocycles. The summed E-state index contributed by atoms with van der Waals surface area (Å²) in [5, 5.41) is 10.8. The maximum atomic E-state index is 10.8. The topological polar surface area (TPSA) is 20.2 Å². The van der Waals surface area contributed by atoms with E-state index in [1.165, 1.54) is 35.4 Å². The zero-order chi connectivity index (χ0) is 9.76. The Morgan fingerprint density at radius 3 is 2.14 bits per heavy atom. The van der Waals surface area contributed by atoms with E-state index in [1.807, 2.05) is 0 Å². The van der Waals surface area contributed by atoms with Crippen LogP contribution in [0.15, 0.2) is 12.1 Å². The summed E-state index contributed by atoms with van der Waals surface area (Å²) in [6.07, 6.45) is 4.90. The van der Waals surface area contributed by atoms with Gasteiger partial charge in [-0.1, -0.05) is 0 Å². The van der Waals surface area contributed by atoms with Crippen molar-refractivity contribution >= 4 is 11.3 Å². The van der Waals surface area contributed by atoms with E-state index in [2.05, 4.69) is 19.1 Å². The second-order valence-electron chi connectivity index (χ2n) is 4.78. The van der Waals surface area contributed by atoms with Gasteiger partial charge in [0.25, 0.3) is 0 Å². The Kier molecular flexibility index (Phi) is 1.80. The summed E-state index contributed by atoms with van der Waals surface area (Å²) < 4.78 is 0. The molecule has 3 rings (SSSR count). The average molecular weight is 208 g/mol. The molecule has 0 saturated heterocycles. The molecule has 2 heteroatoms. The molecule has 0 bridgehead atoms. The van der Waals surface area contributed by atoms with Crippen LogP contribution in [-0.2, 0) is 5.60 Å². The molecule has 2 fully saturated rings. The Morgan fingerprint density at radius 1 is 1.21 bits per heavy atom. The van der Waals surface area contributed by atoms with E-state index in [0.717, 1.165) is 0 Å². The van der Waals surface area contributed by atoms with Crippen molar-refractivity contribution in [3.8, 4) is 0 Å². The largest absolute Gasteiger partial charge is 0.384 e. The van der Waals surface area contributed by atoms with Gasteiger partial charge < -0.3 is 5.11 Å². The Morgan fingerprint density at radius 2 is 1.79 bits per heavy atom. The smallest absolute Gasteiger partial charge is 0.104 e. The molecule has 1 heterocycles. The van der Waals surface area contributed by atoms with Gasteiger partial charge in [0.05, 0.1) is 0 Å². The fraction of sp³-hybridized carbons (Fsp3) is 0.667. The van der Waals surface area contributed by atoms with Crippen LogP contribution >= 0.6 is 11.3 Å². The Bertz CT molecular complexity index is 335. The van der Waals surface area contributed by atoms with E-state index in [1.54, 1.807) is 11.3 Å². The molecule has 1 aromatic rings. The van der Waals surface area contributed by atoms with Gasteiger partial charge in [0, 0.05) is 9.75 Å². The predicted octanol–water partition coefficient (Wildman–Crippen LogP) is 3.06. The van der Waals surface area contributed by atoms with Crippen LogP contribution in [0, 0.1) is 18.8 Å². The first-order chi connectivity index (χ1) is 6.71. The Labute approximate surface area is 88.8 Å². The van der Waals surface area contributed by atoms with E-state index in [-0.39, 0.29) is 0 Å². The van der Waals surface area contributed by atoms with Crippen LogP contribution in [-0.4, -0.2) is 5.11 Å². The molecule has 1 nitrogen and oxygen atoms in total. The summed E-state index contributed by atoms with van der Waals surface area (Å²) in [5.74, 6) is 1.13. The minimum Gasteiger partial charge on any atom is -0.384 e. The molecule has 0 radical (unpaired) electrons. The van der Waals surface area contributed by atoms with Gasteiger partial charge in [-0.3, -0.25) is 0 Å². The first-order valence-corrected chi connectivity index (χ1v) is 6.32. The van der Waals surface area contributed by atoms with Crippen LogP contribution in [0.3, 0.4) is 0 Å². The van der Waals surface area contributed by atoms with Crippen molar-refractivity contribution in [3.05, 3.63) is 21.9 Å². The minimum absolute atomic E-state index is 0.446. The van der Waals surface area contributed by atoms with Crippen LogP contribution in [0.5, 0.6) is 0 Å². The first kappa shape index (κ1) is 8.93. The highest BCUT2D eigenvalue weighted by Gasteiger charge is 2.54. The lowest BCUT2D eigenvalue weighted by atomic mass is 9.90.